The summed E-state index contributed by atoms with van der Waals surface area (Å²) >= 11 is 0. The minimum absolute atomic E-state index is 0.138. The number of halogens is 1. The smallest absolute Gasteiger partial charge is 0.171 e. The van der Waals surface area contributed by atoms with Gasteiger partial charge < -0.3 is 4.90 Å². The van der Waals surface area contributed by atoms with Crippen molar-refractivity contribution in [3.05, 3.63) is 64.7 Å². The number of hydrogen-bond donors (Lipinski definition) is 1. The van der Waals surface area contributed by atoms with E-state index in [1.807, 2.05) is 18.5 Å². The maximum absolute atomic E-state index is 14.7. The second-order valence-corrected chi connectivity index (χ2v) is 9.08. The standard InChI is InChI=1S/C23H24FN9/c1-14-5-18-20(12-30(14)11-16-7-26-27-8-16)29-32-15(2)10-31(13-22(18)32)21-4-3-17(6-25)33-23(21)19(24)9-28-33/h3-4,7-9,14-15H,5,10-13H2,1-2H3,(H,26,27)/t14-,15+/m0/s1. The molecule has 4 aromatic heterocycles. The van der Waals surface area contributed by atoms with Crippen LogP contribution in [0.15, 0.2) is 30.7 Å². The molecule has 2 atom stereocenters. The van der Waals surface area contributed by atoms with Gasteiger partial charge in [-0.15, -0.1) is 0 Å². The predicted molar refractivity (Wildman–Crippen MR) is 119 cm³/mol. The lowest BCUT2D eigenvalue weighted by molar-refractivity contribution is 0.172. The number of aromatic amines is 1. The van der Waals surface area contributed by atoms with Crippen LogP contribution < -0.4 is 4.90 Å². The Morgan fingerprint density at radius 1 is 1.21 bits per heavy atom. The van der Waals surface area contributed by atoms with Crippen LogP contribution in [-0.2, 0) is 26.1 Å². The van der Waals surface area contributed by atoms with Gasteiger partial charge in [-0.2, -0.15) is 20.6 Å². The van der Waals surface area contributed by atoms with Gasteiger partial charge in [0.1, 0.15) is 17.3 Å². The Balaban J connectivity index is 1.35. The van der Waals surface area contributed by atoms with E-state index in [1.165, 1.54) is 27.5 Å². The SMILES string of the molecule is C[C@@H]1CN(c2ccc(C#N)n3ncc(F)c23)Cc2c3c(nn21)CN(Cc1cn[nH]c1)[C@@H](C)C3. The first-order valence-electron chi connectivity index (χ1n) is 11.2. The topological polar surface area (TPSA) is 94.1 Å². The van der Waals surface area contributed by atoms with E-state index < -0.39 is 5.82 Å². The molecule has 0 fully saturated rings. The number of pyridine rings is 1. The fourth-order valence-corrected chi connectivity index (χ4v) is 5.25. The Bertz CT molecular complexity index is 1380. The van der Waals surface area contributed by atoms with Gasteiger partial charge in [0.25, 0.3) is 0 Å². The van der Waals surface area contributed by atoms with Gasteiger partial charge in [-0.25, -0.2) is 8.91 Å². The summed E-state index contributed by atoms with van der Waals surface area (Å²) in [6, 6.07) is 6.14. The number of hydrogen-bond acceptors (Lipinski definition) is 6. The second kappa shape index (κ2) is 7.42. The second-order valence-electron chi connectivity index (χ2n) is 9.08. The molecule has 4 aromatic rings. The van der Waals surface area contributed by atoms with E-state index in [2.05, 4.69) is 49.7 Å². The van der Waals surface area contributed by atoms with Gasteiger partial charge in [-0.1, -0.05) is 0 Å². The lowest BCUT2D eigenvalue weighted by Crippen LogP contribution is -2.39. The average Bonchev–Trinajstić information content (AvgIpc) is 3.54. The fourth-order valence-electron chi connectivity index (χ4n) is 5.25. The van der Waals surface area contributed by atoms with Gasteiger partial charge in [0.05, 0.1) is 42.1 Å². The largest absolute Gasteiger partial charge is 0.362 e. The third kappa shape index (κ3) is 3.11. The maximum atomic E-state index is 14.7. The number of rotatable bonds is 3. The Morgan fingerprint density at radius 2 is 2.09 bits per heavy atom. The van der Waals surface area contributed by atoms with Crippen LogP contribution in [0.4, 0.5) is 10.1 Å². The van der Waals surface area contributed by atoms with Crippen molar-refractivity contribution in [1.29, 1.82) is 5.26 Å². The van der Waals surface area contributed by atoms with E-state index in [0.717, 1.165) is 30.9 Å². The molecular formula is C23H24FN9. The van der Waals surface area contributed by atoms with Crippen LogP contribution in [0.2, 0.25) is 0 Å². The Morgan fingerprint density at radius 3 is 2.88 bits per heavy atom. The van der Waals surface area contributed by atoms with Gasteiger partial charge in [-0.05, 0) is 32.4 Å². The van der Waals surface area contributed by atoms with Crippen LogP contribution in [0.3, 0.4) is 0 Å². The maximum Gasteiger partial charge on any atom is 0.171 e. The highest BCUT2D eigenvalue weighted by Crippen LogP contribution is 2.35. The molecule has 0 radical (unpaired) electrons. The number of H-pyrrole nitrogens is 1. The molecule has 168 valence electrons. The van der Waals surface area contributed by atoms with Crippen LogP contribution in [0.25, 0.3) is 5.52 Å². The van der Waals surface area contributed by atoms with Crippen LogP contribution in [0, 0.1) is 17.1 Å². The molecule has 6 rings (SSSR count). The van der Waals surface area contributed by atoms with Gasteiger partial charge in [-0.3, -0.25) is 14.7 Å². The first-order chi connectivity index (χ1) is 16.0. The summed E-state index contributed by atoms with van der Waals surface area (Å²) in [4.78, 5) is 4.62. The van der Waals surface area contributed by atoms with Crippen LogP contribution in [0.1, 0.15) is 48.1 Å². The molecular weight excluding hydrogens is 421 g/mol. The van der Waals surface area contributed by atoms with E-state index in [1.54, 1.807) is 6.07 Å². The molecule has 33 heavy (non-hydrogen) atoms. The van der Waals surface area contributed by atoms with E-state index >= 15 is 0 Å². The molecule has 0 spiro atoms. The Kier molecular flexibility index (Phi) is 4.48. The molecule has 1 N–H and O–H groups in total. The number of nitrogens with zero attached hydrogens (tertiary/aromatic N) is 8. The predicted octanol–water partition coefficient (Wildman–Crippen LogP) is 2.79. The monoisotopic (exact) mass is 445 g/mol. The van der Waals surface area contributed by atoms with Crippen molar-refractivity contribution in [3.63, 3.8) is 0 Å². The van der Waals surface area contributed by atoms with Gasteiger partial charge in [0.15, 0.2) is 5.82 Å². The highest BCUT2D eigenvalue weighted by Gasteiger charge is 2.34. The lowest BCUT2D eigenvalue weighted by Gasteiger charge is -2.36. The fraction of sp³-hybridized carbons (Fsp3) is 0.391. The quantitative estimate of drug-likeness (QED) is 0.521. The highest BCUT2D eigenvalue weighted by molar-refractivity contribution is 5.75. The first kappa shape index (κ1) is 19.9. The van der Waals surface area contributed by atoms with E-state index in [0.29, 0.717) is 30.3 Å². The minimum atomic E-state index is -0.417. The average molecular weight is 446 g/mol. The summed E-state index contributed by atoms with van der Waals surface area (Å²) in [6.45, 7) is 7.38. The molecule has 0 unspecified atom stereocenters. The molecule has 0 bridgehead atoms. The molecule has 0 saturated carbocycles. The number of nitrogens with one attached hydrogen (secondary N) is 1. The molecule has 0 aliphatic carbocycles. The zero-order valence-corrected chi connectivity index (χ0v) is 18.5. The summed E-state index contributed by atoms with van der Waals surface area (Å²) in [6.07, 6.45) is 5.91. The zero-order valence-electron chi connectivity index (χ0n) is 18.5. The summed E-state index contributed by atoms with van der Waals surface area (Å²) in [5.74, 6) is -0.417. The molecule has 0 aromatic carbocycles. The molecule has 10 heteroatoms. The summed E-state index contributed by atoms with van der Waals surface area (Å²) < 4.78 is 18.2. The molecule has 6 heterocycles. The summed E-state index contributed by atoms with van der Waals surface area (Å²) in [7, 11) is 0. The van der Waals surface area contributed by atoms with Crippen LogP contribution >= 0.6 is 0 Å². The van der Waals surface area contributed by atoms with Gasteiger partial charge in [0, 0.05) is 43.0 Å². The molecule has 9 nitrogen and oxygen atoms in total. The van der Waals surface area contributed by atoms with E-state index in [-0.39, 0.29) is 6.04 Å². The van der Waals surface area contributed by atoms with Crippen molar-refractivity contribution in [2.45, 2.75) is 52.0 Å². The molecule has 0 saturated heterocycles. The first-order valence-corrected chi connectivity index (χ1v) is 11.2. The number of fused-ring (bicyclic) bond motifs is 4. The van der Waals surface area contributed by atoms with Crippen LogP contribution in [-0.4, -0.2) is 47.1 Å². The van der Waals surface area contributed by atoms with Crippen LogP contribution in [0.5, 0.6) is 0 Å². The molecule has 2 aliphatic heterocycles. The van der Waals surface area contributed by atoms with Gasteiger partial charge in [0.2, 0.25) is 0 Å². The normalized spacial score (nSPS) is 20.6. The van der Waals surface area contributed by atoms with Crippen molar-refractivity contribution in [2.24, 2.45) is 0 Å². The molecule has 0 amide bonds. The van der Waals surface area contributed by atoms with Crippen molar-refractivity contribution in [3.8, 4) is 6.07 Å². The van der Waals surface area contributed by atoms with Crippen molar-refractivity contribution in [1.82, 2.24) is 34.5 Å². The van der Waals surface area contributed by atoms with Crippen molar-refractivity contribution >= 4 is 11.2 Å². The summed E-state index contributed by atoms with van der Waals surface area (Å²) in [5.41, 5.74) is 6.21. The van der Waals surface area contributed by atoms with Gasteiger partial charge >= 0.3 is 0 Å². The Hall–Kier alpha value is -3.71. The minimum Gasteiger partial charge on any atom is -0.362 e. The van der Waals surface area contributed by atoms with E-state index in [9.17, 15) is 9.65 Å². The third-order valence-corrected chi connectivity index (χ3v) is 6.91. The number of anilines is 1. The van der Waals surface area contributed by atoms with Crippen molar-refractivity contribution in [2.75, 3.05) is 11.4 Å². The Labute approximate surface area is 190 Å². The molecule has 2 aliphatic rings. The highest BCUT2D eigenvalue weighted by atomic mass is 19.1. The number of nitriles is 1. The third-order valence-electron chi connectivity index (χ3n) is 6.91. The number of aromatic nitrogens is 6. The summed E-state index contributed by atoms with van der Waals surface area (Å²) in [5, 5.41) is 25.4. The zero-order chi connectivity index (χ0) is 22.7. The van der Waals surface area contributed by atoms with E-state index in [4.69, 9.17) is 5.10 Å². The lowest BCUT2D eigenvalue weighted by atomic mass is 9.96. The van der Waals surface area contributed by atoms with Crippen molar-refractivity contribution < 1.29 is 4.39 Å².